The molecule has 0 aliphatic heterocycles. The molecule has 90 valence electrons. The lowest BCUT2D eigenvalue weighted by molar-refractivity contribution is -0.159. The number of hydrogen-bond donors (Lipinski definition) is 2. The molecule has 0 aromatic rings. The highest BCUT2D eigenvalue weighted by Gasteiger charge is 2.28. The molecule has 0 aliphatic carbocycles. The van der Waals surface area contributed by atoms with E-state index in [0.717, 1.165) is 0 Å². The molecule has 0 radical (unpaired) electrons. The highest BCUT2D eigenvalue weighted by molar-refractivity contribution is 5.76. The van der Waals surface area contributed by atoms with Gasteiger partial charge in [-0.1, -0.05) is 13.8 Å². The van der Waals surface area contributed by atoms with E-state index in [-0.39, 0.29) is 0 Å². The van der Waals surface area contributed by atoms with Crippen molar-refractivity contribution < 1.29 is 14.6 Å². The molecule has 0 saturated carbocycles. The molecule has 0 saturated heterocycles. The second-order valence-corrected chi connectivity index (χ2v) is 5.26. The van der Waals surface area contributed by atoms with Gasteiger partial charge in [0, 0.05) is 0 Å². The van der Waals surface area contributed by atoms with Gasteiger partial charge in [-0.3, -0.25) is 4.79 Å². The van der Waals surface area contributed by atoms with Crippen LogP contribution in [-0.4, -0.2) is 28.8 Å². The lowest BCUT2D eigenvalue weighted by Gasteiger charge is -2.25. The van der Waals surface area contributed by atoms with Crippen molar-refractivity contribution in [2.45, 2.75) is 58.8 Å². The Morgan fingerprint density at radius 3 is 2.20 bits per heavy atom. The van der Waals surface area contributed by atoms with Gasteiger partial charge < -0.3 is 15.6 Å². The number of hydrogen-bond acceptors (Lipinski definition) is 4. The van der Waals surface area contributed by atoms with Crippen LogP contribution in [-0.2, 0) is 9.53 Å². The van der Waals surface area contributed by atoms with Crippen LogP contribution in [0.1, 0.15) is 41.0 Å². The second kappa shape index (κ2) is 5.47. The third kappa shape index (κ3) is 6.47. The summed E-state index contributed by atoms with van der Waals surface area (Å²) in [5.74, 6) is -0.246. The molecule has 15 heavy (non-hydrogen) atoms. The van der Waals surface area contributed by atoms with Gasteiger partial charge in [0.05, 0.1) is 6.10 Å². The van der Waals surface area contributed by atoms with E-state index in [1.54, 1.807) is 20.8 Å². The summed E-state index contributed by atoms with van der Waals surface area (Å²) in [6.07, 6.45) is -0.333. The maximum absolute atomic E-state index is 11.5. The normalized spacial score (nSPS) is 16.3. The zero-order chi connectivity index (χ0) is 12.2. The van der Waals surface area contributed by atoms with Gasteiger partial charge in [-0.2, -0.15) is 0 Å². The number of ether oxygens (including phenoxy) is 1. The molecule has 0 unspecified atom stereocenters. The van der Waals surface area contributed by atoms with E-state index >= 15 is 0 Å². The first-order chi connectivity index (χ1) is 6.63. The molecule has 4 heteroatoms. The van der Waals surface area contributed by atoms with E-state index in [4.69, 9.17) is 10.5 Å². The number of nitrogens with two attached hydrogens (primary N) is 1. The van der Waals surface area contributed by atoms with Crippen LogP contribution in [0.3, 0.4) is 0 Å². The van der Waals surface area contributed by atoms with E-state index < -0.39 is 23.7 Å². The summed E-state index contributed by atoms with van der Waals surface area (Å²) in [5, 5.41) is 9.63. The molecule has 2 atom stereocenters. The number of aliphatic hydroxyl groups excluding tert-OH is 1. The highest BCUT2D eigenvalue weighted by Crippen LogP contribution is 2.12. The predicted octanol–water partition coefficient (Wildman–Crippen LogP) is 1.06. The van der Waals surface area contributed by atoms with Gasteiger partial charge in [-0.15, -0.1) is 0 Å². The predicted molar refractivity (Wildman–Crippen MR) is 59.3 cm³/mol. The fourth-order valence-electron chi connectivity index (χ4n) is 1.16. The average Bonchev–Trinajstić information content (AvgIpc) is 1.98. The third-order valence-electron chi connectivity index (χ3n) is 1.81. The van der Waals surface area contributed by atoms with Crippen LogP contribution in [0, 0.1) is 5.92 Å². The van der Waals surface area contributed by atoms with Gasteiger partial charge >= 0.3 is 5.97 Å². The van der Waals surface area contributed by atoms with Crippen molar-refractivity contribution in [3.63, 3.8) is 0 Å². The number of carbonyl (C=O) groups is 1. The summed E-state index contributed by atoms with van der Waals surface area (Å²) in [7, 11) is 0. The number of esters is 1. The molecule has 0 aromatic carbocycles. The minimum absolute atomic E-state index is 0.300. The first-order valence-electron chi connectivity index (χ1n) is 5.30. The molecule has 0 aliphatic rings. The SMILES string of the molecule is CC(C)C[C@@H](O)[C@@H](N)C(=O)OC(C)(C)C. The van der Waals surface area contributed by atoms with Gasteiger partial charge in [-0.25, -0.2) is 0 Å². The molecule has 0 aromatic heterocycles. The van der Waals surface area contributed by atoms with Crippen molar-refractivity contribution in [1.82, 2.24) is 0 Å². The largest absolute Gasteiger partial charge is 0.459 e. The van der Waals surface area contributed by atoms with Gasteiger partial charge in [0.15, 0.2) is 0 Å². The highest BCUT2D eigenvalue weighted by atomic mass is 16.6. The maximum atomic E-state index is 11.5. The Balaban J connectivity index is 4.20. The molecule has 4 nitrogen and oxygen atoms in total. The van der Waals surface area contributed by atoms with E-state index in [0.29, 0.717) is 12.3 Å². The second-order valence-electron chi connectivity index (χ2n) is 5.26. The van der Waals surface area contributed by atoms with Gasteiger partial charge in [0.2, 0.25) is 0 Å². The summed E-state index contributed by atoms with van der Waals surface area (Å²) < 4.78 is 5.08. The van der Waals surface area contributed by atoms with Crippen LogP contribution < -0.4 is 5.73 Å². The Morgan fingerprint density at radius 2 is 1.87 bits per heavy atom. The number of rotatable bonds is 4. The molecule has 0 rings (SSSR count). The summed E-state index contributed by atoms with van der Waals surface area (Å²) in [6, 6.07) is -0.952. The summed E-state index contributed by atoms with van der Waals surface area (Å²) >= 11 is 0. The van der Waals surface area contributed by atoms with Crippen molar-refractivity contribution in [1.29, 1.82) is 0 Å². The smallest absolute Gasteiger partial charge is 0.326 e. The van der Waals surface area contributed by atoms with Crippen molar-refractivity contribution in [2.75, 3.05) is 0 Å². The third-order valence-corrected chi connectivity index (χ3v) is 1.81. The molecular weight excluding hydrogens is 194 g/mol. The molecule has 0 spiro atoms. The Labute approximate surface area is 91.8 Å². The van der Waals surface area contributed by atoms with Crippen LogP contribution in [0.15, 0.2) is 0 Å². The molecule has 0 fully saturated rings. The average molecular weight is 217 g/mol. The Morgan fingerprint density at radius 1 is 1.40 bits per heavy atom. The minimum atomic E-state index is -0.952. The molecule has 0 amide bonds. The zero-order valence-electron chi connectivity index (χ0n) is 10.3. The van der Waals surface area contributed by atoms with Crippen molar-refractivity contribution in [3.8, 4) is 0 Å². The molecular formula is C11H23NO3. The Hall–Kier alpha value is -0.610. The van der Waals surface area contributed by atoms with E-state index in [9.17, 15) is 9.90 Å². The Bertz CT molecular complexity index is 208. The maximum Gasteiger partial charge on any atom is 0.326 e. The monoisotopic (exact) mass is 217 g/mol. The van der Waals surface area contributed by atoms with Crippen LogP contribution in [0.4, 0.5) is 0 Å². The molecule has 0 bridgehead atoms. The number of aliphatic hydroxyl groups is 1. The standard InChI is InChI=1S/C11H23NO3/c1-7(2)6-8(13)9(12)10(14)15-11(3,4)5/h7-9,13H,6,12H2,1-5H3/t8-,9-/m1/s1. The van der Waals surface area contributed by atoms with E-state index in [1.807, 2.05) is 13.8 Å². The fraction of sp³-hybridized carbons (Fsp3) is 0.909. The minimum Gasteiger partial charge on any atom is -0.459 e. The van der Waals surface area contributed by atoms with Gasteiger partial charge in [0.25, 0.3) is 0 Å². The first kappa shape index (κ1) is 14.4. The van der Waals surface area contributed by atoms with E-state index in [2.05, 4.69) is 0 Å². The molecule has 3 N–H and O–H groups in total. The van der Waals surface area contributed by atoms with Gasteiger partial charge in [-0.05, 0) is 33.1 Å². The summed E-state index contributed by atoms with van der Waals surface area (Å²) in [5.41, 5.74) is 5.03. The van der Waals surface area contributed by atoms with Crippen LogP contribution in [0.25, 0.3) is 0 Å². The lowest BCUT2D eigenvalue weighted by Crippen LogP contribution is -2.45. The number of carbonyl (C=O) groups excluding carboxylic acids is 1. The van der Waals surface area contributed by atoms with Crippen molar-refractivity contribution >= 4 is 5.97 Å². The van der Waals surface area contributed by atoms with Crippen LogP contribution in [0.2, 0.25) is 0 Å². The van der Waals surface area contributed by atoms with Crippen molar-refractivity contribution in [2.24, 2.45) is 11.7 Å². The Kier molecular flexibility index (Phi) is 5.24. The first-order valence-corrected chi connectivity index (χ1v) is 5.30. The lowest BCUT2D eigenvalue weighted by atomic mass is 10.0. The summed E-state index contributed by atoms with van der Waals surface area (Å²) in [6.45, 7) is 9.24. The van der Waals surface area contributed by atoms with Crippen LogP contribution >= 0.6 is 0 Å². The van der Waals surface area contributed by atoms with Gasteiger partial charge in [0.1, 0.15) is 11.6 Å². The van der Waals surface area contributed by atoms with E-state index in [1.165, 1.54) is 0 Å². The quantitative estimate of drug-likeness (QED) is 0.691. The fourth-order valence-corrected chi connectivity index (χ4v) is 1.16. The molecule has 0 heterocycles. The van der Waals surface area contributed by atoms with Crippen LogP contribution in [0.5, 0.6) is 0 Å². The zero-order valence-corrected chi connectivity index (χ0v) is 10.3. The topological polar surface area (TPSA) is 72.5 Å². The van der Waals surface area contributed by atoms with Crippen molar-refractivity contribution in [3.05, 3.63) is 0 Å². The summed E-state index contributed by atoms with van der Waals surface area (Å²) in [4.78, 5) is 11.5.